The second-order valence-electron chi connectivity index (χ2n) is 5.60. The molecule has 1 aromatic carbocycles. The highest BCUT2D eigenvalue weighted by Gasteiger charge is 2.18. The van der Waals surface area contributed by atoms with Gasteiger partial charge < -0.3 is 10.3 Å². The third kappa shape index (κ3) is 2.98. The molecule has 110 valence electrons. The molecule has 1 aliphatic carbocycles. The number of fused-ring (bicyclic) bond motifs is 1. The van der Waals surface area contributed by atoms with E-state index in [1.807, 2.05) is 18.2 Å². The first-order valence-electron chi connectivity index (χ1n) is 7.34. The molecule has 21 heavy (non-hydrogen) atoms. The van der Waals surface area contributed by atoms with Crippen LogP contribution in [0.15, 0.2) is 30.4 Å². The molecule has 0 saturated heterocycles. The highest BCUT2D eigenvalue weighted by Crippen LogP contribution is 2.25. The summed E-state index contributed by atoms with van der Waals surface area (Å²) in [7, 11) is 0. The lowest BCUT2D eigenvalue weighted by Crippen LogP contribution is -2.31. The Morgan fingerprint density at radius 1 is 1.38 bits per heavy atom. The first kappa shape index (κ1) is 14.2. The maximum atomic E-state index is 12.0. The van der Waals surface area contributed by atoms with Crippen LogP contribution in [-0.4, -0.2) is 17.4 Å². The average Bonchev–Trinajstić information content (AvgIpc) is 3.08. The zero-order valence-electron chi connectivity index (χ0n) is 12.1. The van der Waals surface area contributed by atoms with Crippen molar-refractivity contribution in [2.45, 2.75) is 26.2 Å². The van der Waals surface area contributed by atoms with E-state index in [1.165, 1.54) is 5.56 Å². The fraction of sp³-hybridized carbons (Fsp3) is 0.353. The molecule has 0 saturated carbocycles. The fourth-order valence-corrected chi connectivity index (χ4v) is 3.14. The van der Waals surface area contributed by atoms with Gasteiger partial charge in [-0.05, 0) is 49.9 Å². The Balaban J connectivity index is 1.66. The number of carbonyl (C=O) groups is 1. The van der Waals surface area contributed by atoms with Crippen LogP contribution >= 0.6 is 11.6 Å². The summed E-state index contributed by atoms with van der Waals surface area (Å²) in [5.41, 5.74) is 3.47. The number of amides is 1. The number of halogens is 1. The van der Waals surface area contributed by atoms with Gasteiger partial charge in [0.05, 0.1) is 0 Å². The van der Waals surface area contributed by atoms with Gasteiger partial charge in [0, 0.05) is 34.1 Å². The molecule has 1 aromatic heterocycles. The van der Waals surface area contributed by atoms with E-state index in [2.05, 4.69) is 29.4 Å². The predicted molar refractivity (Wildman–Crippen MR) is 86.6 cm³/mol. The van der Waals surface area contributed by atoms with Crippen LogP contribution in [0.5, 0.6) is 0 Å². The van der Waals surface area contributed by atoms with Crippen molar-refractivity contribution in [1.29, 1.82) is 0 Å². The topological polar surface area (TPSA) is 44.9 Å². The van der Waals surface area contributed by atoms with Gasteiger partial charge in [0.1, 0.15) is 0 Å². The van der Waals surface area contributed by atoms with Gasteiger partial charge in [-0.2, -0.15) is 0 Å². The Hall–Kier alpha value is -1.74. The monoisotopic (exact) mass is 302 g/mol. The van der Waals surface area contributed by atoms with Crippen LogP contribution in [-0.2, 0) is 11.2 Å². The molecule has 0 atom stereocenters. The predicted octanol–water partition coefficient (Wildman–Crippen LogP) is 3.75. The number of allylic oxidation sites excluding steroid dienone is 2. The Morgan fingerprint density at radius 2 is 2.14 bits per heavy atom. The molecule has 0 aliphatic heterocycles. The Kier molecular flexibility index (Phi) is 4.02. The summed E-state index contributed by atoms with van der Waals surface area (Å²) in [4.78, 5) is 15.4. The summed E-state index contributed by atoms with van der Waals surface area (Å²) >= 11 is 6.08. The molecule has 2 N–H and O–H groups in total. The molecule has 1 amide bonds. The van der Waals surface area contributed by atoms with E-state index >= 15 is 0 Å². The van der Waals surface area contributed by atoms with E-state index in [-0.39, 0.29) is 11.8 Å². The van der Waals surface area contributed by atoms with E-state index in [4.69, 9.17) is 11.6 Å². The Bertz CT molecular complexity index is 694. The van der Waals surface area contributed by atoms with E-state index in [0.717, 1.165) is 40.9 Å². The van der Waals surface area contributed by atoms with Crippen LogP contribution in [0, 0.1) is 12.8 Å². The summed E-state index contributed by atoms with van der Waals surface area (Å²) < 4.78 is 0. The van der Waals surface area contributed by atoms with E-state index in [1.54, 1.807) is 0 Å². The number of aryl methyl sites for hydroxylation is 1. The van der Waals surface area contributed by atoms with Crippen molar-refractivity contribution < 1.29 is 4.79 Å². The first-order valence-corrected chi connectivity index (χ1v) is 7.72. The number of benzene rings is 1. The number of carbonyl (C=O) groups excluding carboxylic acids is 1. The maximum absolute atomic E-state index is 12.0. The molecular formula is C17H19ClN2O. The molecular weight excluding hydrogens is 284 g/mol. The lowest BCUT2D eigenvalue weighted by molar-refractivity contribution is -0.124. The van der Waals surface area contributed by atoms with Crippen LogP contribution in [0.25, 0.3) is 10.9 Å². The molecule has 0 spiro atoms. The SMILES string of the molecule is Cc1[nH]c2ccc(Cl)cc2c1CCNC(=O)C1CC=CC1. The fourth-order valence-electron chi connectivity index (χ4n) is 2.96. The van der Waals surface area contributed by atoms with Crippen LogP contribution < -0.4 is 5.32 Å². The molecule has 2 aromatic rings. The van der Waals surface area contributed by atoms with Gasteiger partial charge in [-0.1, -0.05) is 23.8 Å². The molecule has 0 fully saturated rings. The van der Waals surface area contributed by atoms with E-state index in [9.17, 15) is 4.79 Å². The first-order chi connectivity index (χ1) is 10.1. The molecule has 1 heterocycles. The van der Waals surface area contributed by atoms with Crippen LogP contribution in [0.3, 0.4) is 0 Å². The van der Waals surface area contributed by atoms with E-state index < -0.39 is 0 Å². The summed E-state index contributed by atoms with van der Waals surface area (Å²) in [6, 6.07) is 5.87. The highest BCUT2D eigenvalue weighted by atomic mass is 35.5. The van der Waals surface area contributed by atoms with E-state index in [0.29, 0.717) is 6.54 Å². The number of aromatic amines is 1. The number of aromatic nitrogens is 1. The second kappa shape index (κ2) is 5.94. The van der Waals surface area contributed by atoms with Crippen LogP contribution in [0.4, 0.5) is 0 Å². The molecule has 4 heteroatoms. The van der Waals surface area contributed by atoms with Gasteiger partial charge in [-0.3, -0.25) is 4.79 Å². The van der Waals surface area contributed by atoms with Crippen molar-refractivity contribution in [3.63, 3.8) is 0 Å². The lowest BCUT2D eigenvalue weighted by atomic mass is 10.1. The van der Waals surface area contributed by atoms with Gasteiger partial charge >= 0.3 is 0 Å². The minimum absolute atomic E-state index is 0.128. The number of rotatable bonds is 4. The third-order valence-electron chi connectivity index (χ3n) is 4.13. The molecule has 0 bridgehead atoms. The zero-order chi connectivity index (χ0) is 14.8. The lowest BCUT2D eigenvalue weighted by Gasteiger charge is -2.10. The van der Waals surface area contributed by atoms with Gasteiger partial charge in [0.2, 0.25) is 5.91 Å². The van der Waals surface area contributed by atoms with Gasteiger partial charge in [-0.25, -0.2) is 0 Å². The molecule has 1 aliphatic rings. The summed E-state index contributed by atoms with van der Waals surface area (Å²) in [6.07, 6.45) is 6.71. The Morgan fingerprint density at radius 3 is 2.90 bits per heavy atom. The number of nitrogens with one attached hydrogen (secondary N) is 2. The molecule has 3 nitrogen and oxygen atoms in total. The molecule has 0 radical (unpaired) electrons. The average molecular weight is 303 g/mol. The summed E-state index contributed by atoms with van der Waals surface area (Å²) in [6.45, 7) is 2.72. The van der Waals surface area contributed by atoms with Gasteiger partial charge in [-0.15, -0.1) is 0 Å². The summed E-state index contributed by atoms with van der Waals surface area (Å²) in [5, 5.41) is 4.93. The van der Waals surface area contributed by atoms with Crippen molar-refractivity contribution in [1.82, 2.24) is 10.3 Å². The minimum atomic E-state index is 0.128. The van der Waals surface area contributed by atoms with Crippen molar-refractivity contribution in [2.75, 3.05) is 6.54 Å². The minimum Gasteiger partial charge on any atom is -0.358 e. The summed E-state index contributed by atoms with van der Waals surface area (Å²) in [5.74, 6) is 0.291. The number of H-pyrrole nitrogens is 1. The smallest absolute Gasteiger partial charge is 0.223 e. The van der Waals surface area contributed by atoms with Crippen molar-refractivity contribution in [3.8, 4) is 0 Å². The van der Waals surface area contributed by atoms with Gasteiger partial charge in [0.15, 0.2) is 0 Å². The molecule has 3 rings (SSSR count). The van der Waals surface area contributed by atoms with Crippen LogP contribution in [0.1, 0.15) is 24.1 Å². The van der Waals surface area contributed by atoms with Crippen molar-refractivity contribution >= 4 is 28.4 Å². The number of hydrogen-bond donors (Lipinski definition) is 2. The zero-order valence-corrected chi connectivity index (χ0v) is 12.8. The largest absolute Gasteiger partial charge is 0.358 e. The normalized spacial score (nSPS) is 15.0. The Labute approximate surface area is 129 Å². The quantitative estimate of drug-likeness (QED) is 0.830. The van der Waals surface area contributed by atoms with Crippen molar-refractivity contribution in [3.05, 3.63) is 46.6 Å². The maximum Gasteiger partial charge on any atom is 0.223 e. The third-order valence-corrected chi connectivity index (χ3v) is 4.37. The molecule has 0 unspecified atom stereocenters. The number of hydrogen-bond acceptors (Lipinski definition) is 1. The van der Waals surface area contributed by atoms with Crippen LogP contribution in [0.2, 0.25) is 5.02 Å². The van der Waals surface area contributed by atoms with Gasteiger partial charge in [0.25, 0.3) is 0 Å². The highest BCUT2D eigenvalue weighted by molar-refractivity contribution is 6.31. The second-order valence-corrected chi connectivity index (χ2v) is 6.04. The standard InChI is InChI=1S/C17H19ClN2O/c1-11-14(15-10-13(18)6-7-16(15)20-11)8-9-19-17(21)12-4-2-3-5-12/h2-3,6-7,10,12,20H,4-5,8-9H2,1H3,(H,19,21). The van der Waals surface area contributed by atoms with Crippen molar-refractivity contribution in [2.24, 2.45) is 5.92 Å².